The van der Waals surface area contributed by atoms with E-state index in [2.05, 4.69) is 17.1 Å². The first-order chi connectivity index (χ1) is 7.17. The summed E-state index contributed by atoms with van der Waals surface area (Å²) in [6.45, 7) is 3.02. The number of halogens is 1. The molecule has 0 heterocycles. The quantitative estimate of drug-likeness (QED) is 0.802. The maximum absolute atomic E-state index is 13.0. The maximum Gasteiger partial charge on any atom is 0.125 e. The molecule has 15 heavy (non-hydrogen) atoms. The molecule has 0 saturated carbocycles. The molecule has 1 atom stereocenters. The predicted molar refractivity (Wildman–Crippen MR) is 62.8 cm³/mol. The highest BCUT2D eigenvalue weighted by molar-refractivity contribution is 5.45. The highest BCUT2D eigenvalue weighted by Gasteiger charge is 2.08. The Morgan fingerprint density at radius 2 is 2.20 bits per heavy atom. The Bertz CT molecular complexity index is 297. The number of anilines is 1. The fourth-order valence-corrected chi connectivity index (χ4v) is 1.57. The summed E-state index contributed by atoms with van der Waals surface area (Å²) in [7, 11) is 3.93. The Hall–Kier alpha value is -1.09. The van der Waals surface area contributed by atoms with Gasteiger partial charge in [0.05, 0.1) is 0 Å². The maximum atomic E-state index is 13.0. The zero-order valence-electron chi connectivity index (χ0n) is 9.63. The molecule has 1 aromatic rings. The molecule has 1 rings (SSSR count). The van der Waals surface area contributed by atoms with Crippen LogP contribution in [0, 0.1) is 5.82 Å². The standard InChI is InChI=1S/C12H19FN2/c1-4-11(14-2)9-15(3)12-7-5-6-10(13)8-12/h5-8,11,14H,4,9H2,1-3H3. The molecule has 0 saturated heterocycles. The van der Waals surface area contributed by atoms with Crippen LogP contribution in [0.4, 0.5) is 10.1 Å². The lowest BCUT2D eigenvalue weighted by Crippen LogP contribution is -2.37. The summed E-state index contributed by atoms with van der Waals surface area (Å²) in [5, 5.41) is 3.23. The molecule has 0 aliphatic carbocycles. The fourth-order valence-electron chi connectivity index (χ4n) is 1.57. The molecule has 84 valence electrons. The highest BCUT2D eigenvalue weighted by atomic mass is 19.1. The second-order valence-corrected chi connectivity index (χ2v) is 3.75. The van der Waals surface area contributed by atoms with Crippen LogP contribution in [0.2, 0.25) is 0 Å². The van der Waals surface area contributed by atoms with E-state index in [1.807, 2.05) is 20.2 Å². The highest BCUT2D eigenvalue weighted by Crippen LogP contribution is 2.14. The van der Waals surface area contributed by atoms with Gasteiger partial charge in [0.1, 0.15) is 5.82 Å². The van der Waals surface area contributed by atoms with E-state index in [1.54, 1.807) is 12.1 Å². The van der Waals surface area contributed by atoms with Crippen molar-refractivity contribution in [2.75, 3.05) is 25.5 Å². The molecule has 0 aliphatic heterocycles. The lowest BCUT2D eigenvalue weighted by Gasteiger charge is -2.24. The van der Waals surface area contributed by atoms with Gasteiger partial charge in [0.15, 0.2) is 0 Å². The molecule has 1 aromatic carbocycles. The molecule has 0 spiro atoms. The number of hydrogen-bond acceptors (Lipinski definition) is 2. The van der Waals surface area contributed by atoms with Gasteiger partial charge in [0.25, 0.3) is 0 Å². The number of rotatable bonds is 5. The second-order valence-electron chi connectivity index (χ2n) is 3.75. The summed E-state index contributed by atoms with van der Waals surface area (Å²) in [6.07, 6.45) is 1.07. The monoisotopic (exact) mass is 210 g/mol. The summed E-state index contributed by atoms with van der Waals surface area (Å²) in [5.41, 5.74) is 0.920. The first-order valence-corrected chi connectivity index (χ1v) is 5.31. The molecular formula is C12H19FN2. The smallest absolute Gasteiger partial charge is 0.125 e. The van der Waals surface area contributed by atoms with E-state index in [9.17, 15) is 4.39 Å². The summed E-state index contributed by atoms with van der Waals surface area (Å²) >= 11 is 0. The molecule has 1 N–H and O–H groups in total. The molecule has 0 fully saturated rings. The van der Waals surface area contributed by atoms with E-state index >= 15 is 0 Å². The van der Waals surface area contributed by atoms with Crippen LogP contribution in [-0.2, 0) is 0 Å². The first-order valence-electron chi connectivity index (χ1n) is 5.31. The van der Waals surface area contributed by atoms with Crippen molar-refractivity contribution in [3.63, 3.8) is 0 Å². The van der Waals surface area contributed by atoms with E-state index in [0.29, 0.717) is 6.04 Å². The van der Waals surface area contributed by atoms with Crippen molar-refractivity contribution in [3.8, 4) is 0 Å². The molecule has 0 amide bonds. The topological polar surface area (TPSA) is 15.3 Å². The van der Waals surface area contributed by atoms with Crippen LogP contribution in [0.15, 0.2) is 24.3 Å². The van der Waals surface area contributed by atoms with Gasteiger partial charge >= 0.3 is 0 Å². The molecule has 2 nitrogen and oxygen atoms in total. The Morgan fingerprint density at radius 1 is 1.47 bits per heavy atom. The zero-order valence-corrected chi connectivity index (χ0v) is 9.63. The Labute approximate surface area is 91.1 Å². The molecular weight excluding hydrogens is 191 g/mol. The van der Waals surface area contributed by atoms with Gasteiger partial charge in [-0.25, -0.2) is 4.39 Å². The van der Waals surface area contributed by atoms with Gasteiger partial charge in [0.2, 0.25) is 0 Å². The van der Waals surface area contributed by atoms with Crippen molar-refractivity contribution in [2.24, 2.45) is 0 Å². The van der Waals surface area contributed by atoms with Crippen molar-refractivity contribution >= 4 is 5.69 Å². The van der Waals surface area contributed by atoms with Crippen molar-refractivity contribution in [3.05, 3.63) is 30.1 Å². The largest absolute Gasteiger partial charge is 0.373 e. The molecule has 3 heteroatoms. The third-order valence-electron chi connectivity index (χ3n) is 2.64. The molecule has 0 aromatic heterocycles. The van der Waals surface area contributed by atoms with Crippen LogP contribution < -0.4 is 10.2 Å². The SMILES string of the molecule is CCC(CN(C)c1cccc(F)c1)NC. The minimum Gasteiger partial charge on any atom is -0.373 e. The average Bonchev–Trinajstić information content (AvgIpc) is 2.25. The summed E-state index contributed by atoms with van der Waals surface area (Å²) in [5.74, 6) is -0.183. The van der Waals surface area contributed by atoms with Crippen LogP contribution in [0.5, 0.6) is 0 Å². The second kappa shape index (κ2) is 5.71. The number of benzene rings is 1. The summed E-state index contributed by atoms with van der Waals surface area (Å²) in [6, 6.07) is 7.13. The lowest BCUT2D eigenvalue weighted by molar-refractivity contribution is 0.543. The third kappa shape index (κ3) is 3.51. The van der Waals surface area contributed by atoms with Crippen molar-refractivity contribution in [1.82, 2.24) is 5.32 Å². The van der Waals surface area contributed by atoms with Gasteiger partial charge in [-0.2, -0.15) is 0 Å². The van der Waals surface area contributed by atoms with E-state index in [4.69, 9.17) is 0 Å². The van der Waals surface area contributed by atoms with Gasteiger partial charge in [-0.15, -0.1) is 0 Å². The van der Waals surface area contributed by atoms with Gasteiger partial charge in [-0.3, -0.25) is 0 Å². The normalized spacial score (nSPS) is 12.5. The van der Waals surface area contributed by atoms with Gasteiger partial charge in [0, 0.05) is 25.3 Å². The number of hydrogen-bond donors (Lipinski definition) is 1. The molecule has 0 radical (unpaired) electrons. The third-order valence-corrected chi connectivity index (χ3v) is 2.64. The van der Waals surface area contributed by atoms with E-state index in [1.165, 1.54) is 6.07 Å². The summed E-state index contributed by atoms with van der Waals surface area (Å²) in [4.78, 5) is 2.06. The zero-order chi connectivity index (χ0) is 11.3. The van der Waals surface area contributed by atoms with Crippen molar-refractivity contribution in [1.29, 1.82) is 0 Å². The number of nitrogens with one attached hydrogen (secondary N) is 1. The fraction of sp³-hybridized carbons (Fsp3) is 0.500. The van der Waals surface area contributed by atoms with Crippen LogP contribution in [0.3, 0.4) is 0 Å². The van der Waals surface area contributed by atoms with E-state index < -0.39 is 0 Å². The van der Waals surface area contributed by atoms with Crippen LogP contribution in [-0.4, -0.2) is 26.7 Å². The number of nitrogens with zero attached hydrogens (tertiary/aromatic N) is 1. The lowest BCUT2D eigenvalue weighted by atomic mass is 10.2. The molecule has 1 unspecified atom stereocenters. The minimum absolute atomic E-state index is 0.183. The van der Waals surface area contributed by atoms with E-state index in [0.717, 1.165) is 18.7 Å². The first kappa shape index (κ1) is 12.0. The Balaban J connectivity index is 2.64. The molecule has 0 bridgehead atoms. The van der Waals surface area contributed by atoms with Gasteiger partial charge in [-0.05, 0) is 31.7 Å². The van der Waals surface area contributed by atoms with Crippen molar-refractivity contribution in [2.45, 2.75) is 19.4 Å². The van der Waals surface area contributed by atoms with Gasteiger partial charge in [-0.1, -0.05) is 13.0 Å². The summed E-state index contributed by atoms with van der Waals surface area (Å²) < 4.78 is 13.0. The average molecular weight is 210 g/mol. The van der Waals surface area contributed by atoms with Gasteiger partial charge < -0.3 is 10.2 Å². The van der Waals surface area contributed by atoms with Crippen molar-refractivity contribution < 1.29 is 4.39 Å². The number of likely N-dealkylation sites (N-methyl/N-ethyl adjacent to an activating group) is 2. The predicted octanol–water partition coefficient (Wildman–Crippen LogP) is 2.26. The molecule has 0 aliphatic rings. The van der Waals surface area contributed by atoms with Crippen LogP contribution >= 0.6 is 0 Å². The Kier molecular flexibility index (Phi) is 4.56. The van der Waals surface area contributed by atoms with Crippen LogP contribution in [0.1, 0.15) is 13.3 Å². The van der Waals surface area contributed by atoms with Crippen LogP contribution in [0.25, 0.3) is 0 Å². The minimum atomic E-state index is -0.183. The van der Waals surface area contributed by atoms with E-state index in [-0.39, 0.29) is 5.82 Å². The Morgan fingerprint density at radius 3 is 2.73 bits per heavy atom.